The third-order valence-corrected chi connectivity index (χ3v) is 1.83. The topological polar surface area (TPSA) is 43.1 Å². The Labute approximate surface area is 76.6 Å². The molecule has 0 saturated heterocycles. The molecular formula is C10H12FNO. The summed E-state index contributed by atoms with van der Waals surface area (Å²) in [6.45, 7) is 2.02. The summed E-state index contributed by atoms with van der Waals surface area (Å²) in [5, 5.41) is 0. The Balaban J connectivity index is 3.04. The zero-order valence-corrected chi connectivity index (χ0v) is 7.51. The van der Waals surface area contributed by atoms with Crippen LogP contribution in [0.1, 0.15) is 29.3 Å². The number of hydrogen-bond acceptors (Lipinski definition) is 1. The molecule has 1 rings (SSSR count). The largest absolute Gasteiger partial charge is 0.366 e. The van der Waals surface area contributed by atoms with Crippen molar-refractivity contribution in [2.75, 3.05) is 0 Å². The molecule has 0 aliphatic heterocycles. The van der Waals surface area contributed by atoms with E-state index in [4.69, 9.17) is 5.73 Å². The number of nitrogens with two attached hydrogens (primary N) is 1. The molecule has 0 aliphatic carbocycles. The predicted molar refractivity (Wildman–Crippen MR) is 48.9 cm³/mol. The van der Waals surface area contributed by atoms with E-state index in [0.29, 0.717) is 0 Å². The molecule has 0 aromatic heterocycles. The van der Waals surface area contributed by atoms with E-state index in [9.17, 15) is 9.18 Å². The smallest absolute Gasteiger partial charge is 0.251 e. The molecule has 0 radical (unpaired) electrons. The number of amides is 1. The summed E-state index contributed by atoms with van der Waals surface area (Å²) in [5.74, 6) is -1.26. The van der Waals surface area contributed by atoms with Crippen LogP contribution in [0, 0.1) is 5.82 Å². The zero-order valence-electron chi connectivity index (χ0n) is 7.51. The minimum Gasteiger partial charge on any atom is -0.366 e. The quantitative estimate of drug-likeness (QED) is 0.760. The van der Waals surface area contributed by atoms with Gasteiger partial charge in [0.05, 0.1) is 5.56 Å². The van der Waals surface area contributed by atoms with Crippen molar-refractivity contribution in [2.24, 2.45) is 5.73 Å². The molecule has 1 aromatic carbocycles. The number of rotatable bonds is 3. The highest BCUT2D eigenvalue weighted by molar-refractivity contribution is 5.93. The van der Waals surface area contributed by atoms with Crippen LogP contribution in [0.5, 0.6) is 0 Å². The van der Waals surface area contributed by atoms with Crippen LogP contribution in [-0.2, 0) is 6.42 Å². The Morgan fingerprint density at radius 2 is 2.23 bits per heavy atom. The fraction of sp³-hybridized carbons (Fsp3) is 0.300. The summed E-state index contributed by atoms with van der Waals surface area (Å²) in [5.41, 5.74) is 5.92. The molecule has 70 valence electrons. The monoisotopic (exact) mass is 181 g/mol. The number of primary amides is 1. The first kappa shape index (κ1) is 9.71. The van der Waals surface area contributed by atoms with E-state index in [1.807, 2.05) is 6.92 Å². The van der Waals surface area contributed by atoms with Crippen molar-refractivity contribution in [1.82, 2.24) is 0 Å². The molecule has 0 atom stereocenters. The lowest BCUT2D eigenvalue weighted by molar-refractivity contribution is 0.0996. The van der Waals surface area contributed by atoms with E-state index in [0.717, 1.165) is 18.4 Å². The lowest BCUT2D eigenvalue weighted by atomic mass is 10.1. The Bertz CT molecular complexity index is 323. The van der Waals surface area contributed by atoms with Crippen LogP contribution in [-0.4, -0.2) is 5.91 Å². The molecule has 0 heterocycles. The summed E-state index contributed by atoms with van der Waals surface area (Å²) in [6, 6.07) is 4.47. The van der Waals surface area contributed by atoms with Gasteiger partial charge in [0.25, 0.3) is 5.91 Å². The van der Waals surface area contributed by atoms with Gasteiger partial charge in [-0.25, -0.2) is 4.39 Å². The maximum Gasteiger partial charge on any atom is 0.251 e. The summed E-state index contributed by atoms with van der Waals surface area (Å²) in [4.78, 5) is 10.8. The van der Waals surface area contributed by atoms with Gasteiger partial charge in [-0.1, -0.05) is 19.4 Å². The van der Waals surface area contributed by atoms with Crippen molar-refractivity contribution in [2.45, 2.75) is 19.8 Å². The fourth-order valence-corrected chi connectivity index (χ4v) is 1.21. The molecule has 0 spiro atoms. The average molecular weight is 181 g/mol. The fourth-order valence-electron chi connectivity index (χ4n) is 1.21. The second-order valence-electron chi connectivity index (χ2n) is 2.93. The van der Waals surface area contributed by atoms with E-state index >= 15 is 0 Å². The van der Waals surface area contributed by atoms with E-state index < -0.39 is 11.7 Å². The van der Waals surface area contributed by atoms with Gasteiger partial charge >= 0.3 is 0 Å². The lowest BCUT2D eigenvalue weighted by Crippen LogP contribution is -2.13. The molecule has 2 nitrogen and oxygen atoms in total. The number of carbonyl (C=O) groups excluding carboxylic acids is 1. The van der Waals surface area contributed by atoms with Gasteiger partial charge in [0.2, 0.25) is 0 Å². The Morgan fingerprint density at radius 1 is 1.54 bits per heavy atom. The molecule has 0 fully saturated rings. The lowest BCUT2D eigenvalue weighted by Gasteiger charge is -2.02. The third-order valence-electron chi connectivity index (χ3n) is 1.83. The van der Waals surface area contributed by atoms with Crippen molar-refractivity contribution < 1.29 is 9.18 Å². The molecule has 1 aromatic rings. The molecule has 13 heavy (non-hydrogen) atoms. The number of benzene rings is 1. The van der Waals surface area contributed by atoms with Crippen molar-refractivity contribution >= 4 is 5.91 Å². The van der Waals surface area contributed by atoms with Crippen LogP contribution in [0.15, 0.2) is 18.2 Å². The van der Waals surface area contributed by atoms with E-state index in [2.05, 4.69) is 0 Å². The number of carbonyl (C=O) groups is 1. The van der Waals surface area contributed by atoms with Gasteiger partial charge in [-0.3, -0.25) is 4.79 Å². The normalized spacial score (nSPS) is 10.0. The number of aryl methyl sites for hydroxylation is 1. The van der Waals surface area contributed by atoms with Gasteiger partial charge in [0, 0.05) is 0 Å². The molecule has 3 heteroatoms. The average Bonchev–Trinajstić information content (AvgIpc) is 2.08. The van der Waals surface area contributed by atoms with E-state index in [-0.39, 0.29) is 5.56 Å². The summed E-state index contributed by atoms with van der Waals surface area (Å²) < 4.78 is 13.0. The van der Waals surface area contributed by atoms with E-state index in [1.165, 1.54) is 12.1 Å². The molecule has 1 amide bonds. The molecule has 0 unspecified atom stereocenters. The Hall–Kier alpha value is -1.38. The highest BCUT2D eigenvalue weighted by Gasteiger charge is 2.07. The van der Waals surface area contributed by atoms with Gasteiger partial charge in [-0.05, 0) is 24.1 Å². The van der Waals surface area contributed by atoms with Gasteiger partial charge in [-0.2, -0.15) is 0 Å². The molecule has 0 saturated carbocycles. The third kappa shape index (κ3) is 2.28. The standard InChI is InChI=1S/C10H12FNO/c1-2-3-7-4-5-9(11)8(6-7)10(12)13/h4-6H,2-3H2,1H3,(H2,12,13). The second kappa shape index (κ2) is 4.03. The summed E-state index contributed by atoms with van der Waals surface area (Å²) >= 11 is 0. The van der Waals surface area contributed by atoms with Crippen molar-refractivity contribution in [3.63, 3.8) is 0 Å². The van der Waals surface area contributed by atoms with Crippen LogP contribution >= 0.6 is 0 Å². The summed E-state index contributed by atoms with van der Waals surface area (Å²) in [7, 11) is 0. The maximum absolute atomic E-state index is 13.0. The minimum atomic E-state index is -0.713. The van der Waals surface area contributed by atoms with Crippen molar-refractivity contribution in [3.05, 3.63) is 35.1 Å². The maximum atomic E-state index is 13.0. The van der Waals surface area contributed by atoms with Crippen LogP contribution in [0.3, 0.4) is 0 Å². The van der Waals surface area contributed by atoms with Crippen LogP contribution < -0.4 is 5.73 Å². The molecule has 0 bridgehead atoms. The van der Waals surface area contributed by atoms with Crippen molar-refractivity contribution in [1.29, 1.82) is 0 Å². The zero-order chi connectivity index (χ0) is 9.84. The molecular weight excluding hydrogens is 169 g/mol. The first-order chi connectivity index (χ1) is 6.15. The number of hydrogen-bond donors (Lipinski definition) is 1. The predicted octanol–water partition coefficient (Wildman–Crippen LogP) is 1.88. The first-order valence-corrected chi connectivity index (χ1v) is 4.23. The highest BCUT2D eigenvalue weighted by Crippen LogP contribution is 2.11. The number of halogens is 1. The van der Waals surface area contributed by atoms with Crippen LogP contribution in [0.2, 0.25) is 0 Å². The van der Waals surface area contributed by atoms with Crippen LogP contribution in [0.25, 0.3) is 0 Å². The highest BCUT2D eigenvalue weighted by atomic mass is 19.1. The molecule has 2 N–H and O–H groups in total. The van der Waals surface area contributed by atoms with Gasteiger partial charge in [0.15, 0.2) is 0 Å². The summed E-state index contributed by atoms with van der Waals surface area (Å²) in [6.07, 6.45) is 1.80. The van der Waals surface area contributed by atoms with Crippen molar-refractivity contribution in [3.8, 4) is 0 Å². The van der Waals surface area contributed by atoms with Gasteiger partial charge in [-0.15, -0.1) is 0 Å². The van der Waals surface area contributed by atoms with Gasteiger partial charge in [0.1, 0.15) is 5.82 Å². The van der Waals surface area contributed by atoms with Gasteiger partial charge < -0.3 is 5.73 Å². The Kier molecular flexibility index (Phi) is 3.01. The van der Waals surface area contributed by atoms with Crippen LogP contribution in [0.4, 0.5) is 4.39 Å². The second-order valence-corrected chi connectivity index (χ2v) is 2.93. The van der Waals surface area contributed by atoms with E-state index in [1.54, 1.807) is 6.07 Å². The Morgan fingerprint density at radius 3 is 2.77 bits per heavy atom. The SMILES string of the molecule is CCCc1ccc(F)c(C(N)=O)c1. The minimum absolute atomic E-state index is 0.0223. The first-order valence-electron chi connectivity index (χ1n) is 4.23. The molecule has 0 aliphatic rings.